The van der Waals surface area contributed by atoms with Crippen LogP contribution in [0.4, 0.5) is 17.2 Å². The van der Waals surface area contributed by atoms with Crippen LogP contribution in [0.25, 0.3) is 55.2 Å². The molecule has 412 valence electrons. The maximum Gasteiger partial charge on any atom is 0.137 e. The summed E-state index contributed by atoms with van der Waals surface area (Å²) in [6.45, 7) is 9.19. The molecule has 0 spiro atoms. The van der Waals surface area contributed by atoms with Crippen molar-refractivity contribution < 1.29 is 9.84 Å². The number of aromatic hydroxyl groups is 1. The minimum Gasteiger partial charge on any atom is -0.508 e. The molecular weight excluding hydrogens is 1110 g/mol. The quantitative estimate of drug-likeness (QED) is 0.177. The zero-order valence-electron chi connectivity index (χ0n) is 47.3. The SMILES string of the molecule is CC1(C)c2ccccc2C(c2ccccn2)c2cc(Oc3ccc4c5ccccc5n(-c5ccccn5)c4c3)ccc21.CC1(C)c2ccccc2N(c2ccccn2)c2cc(Br)ccc21.Oc1ccc2c3ccccc3n(-c3ccccn3)c2c1. The van der Waals surface area contributed by atoms with E-state index in [0.29, 0.717) is 0 Å². The van der Waals surface area contributed by atoms with Crippen molar-refractivity contribution in [2.75, 3.05) is 4.90 Å². The summed E-state index contributed by atoms with van der Waals surface area (Å²) in [5, 5.41) is 14.4. The van der Waals surface area contributed by atoms with Gasteiger partial charge in [0.2, 0.25) is 0 Å². The van der Waals surface area contributed by atoms with Crippen molar-refractivity contribution in [3.63, 3.8) is 0 Å². The summed E-state index contributed by atoms with van der Waals surface area (Å²) in [4.78, 5) is 20.7. The van der Waals surface area contributed by atoms with Gasteiger partial charge in [-0.25, -0.2) is 15.0 Å². The normalized spacial score (nSPS) is 14.3. The number of halogens is 1. The van der Waals surface area contributed by atoms with E-state index in [1.165, 1.54) is 55.5 Å². The molecule has 0 amide bonds. The second-order valence-corrected chi connectivity index (χ2v) is 23.5. The van der Waals surface area contributed by atoms with Crippen LogP contribution in [0.2, 0.25) is 0 Å². The van der Waals surface area contributed by atoms with Crippen LogP contribution in [0.1, 0.15) is 72.7 Å². The van der Waals surface area contributed by atoms with E-state index in [1.807, 2.05) is 91.4 Å². The van der Waals surface area contributed by atoms with E-state index >= 15 is 0 Å². The maximum atomic E-state index is 9.79. The van der Waals surface area contributed by atoms with Crippen molar-refractivity contribution in [2.45, 2.75) is 44.4 Å². The Kier molecular flexibility index (Phi) is 13.4. The summed E-state index contributed by atoms with van der Waals surface area (Å²) in [7, 11) is 0. The Labute approximate surface area is 501 Å². The van der Waals surface area contributed by atoms with Gasteiger partial charge in [-0.2, -0.15) is 0 Å². The molecule has 10 heteroatoms. The van der Waals surface area contributed by atoms with E-state index < -0.39 is 0 Å². The standard InChI is InChI=1S/C38H29N3O.C20H17BrN2.C17H12N2O/c1-38(2)31-13-5-3-12-29(31)37(33-14-7-9-21-39-33)30-23-25(18-20-32(30)38)42-26-17-19-28-27-11-4-6-15-34(27)41(35(28)24-26)36-16-8-10-22-40-36;1-20(2)15-7-3-4-8-17(15)23(19-9-5-6-12-22-19)18-13-14(21)10-11-16(18)20;20-12-8-9-14-13-5-1-2-6-15(13)19(16(14)11-12)17-7-3-4-10-18-17/h3-24,37H,1-2H3;3-13H,1-2H3;1-11,20H. The minimum absolute atomic E-state index is 0.0307. The molecule has 1 aliphatic carbocycles. The number of anilines is 3. The first-order valence-electron chi connectivity index (χ1n) is 28.5. The number of nitrogens with zero attached hydrogens (tertiary/aromatic N) is 7. The van der Waals surface area contributed by atoms with Gasteiger partial charge in [0.05, 0.1) is 45.1 Å². The van der Waals surface area contributed by atoms with Gasteiger partial charge in [0.1, 0.15) is 34.7 Å². The number of para-hydroxylation sites is 3. The number of fused-ring (bicyclic) bond motifs is 10. The first kappa shape index (κ1) is 52.9. The fourth-order valence-corrected chi connectivity index (χ4v) is 13.3. The second-order valence-electron chi connectivity index (χ2n) is 22.5. The highest BCUT2D eigenvalue weighted by molar-refractivity contribution is 9.10. The molecule has 9 nitrogen and oxygen atoms in total. The largest absolute Gasteiger partial charge is 0.508 e. The average molecular weight is 1170 g/mol. The molecule has 0 saturated heterocycles. The van der Waals surface area contributed by atoms with E-state index in [0.717, 1.165) is 72.0 Å². The molecular formula is C75H58BrN7O2. The van der Waals surface area contributed by atoms with E-state index in [1.54, 1.807) is 18.3 Å². The van der Waals surface area contributed by atoms with Crippen molar-refractivity contribution in [1.29, 1.82) is 0 Å². The lowest BCUT2D eigenvalue weighted by atomic mass is 9.64. The Morgan fingerprint density at radius 2 is 0.871 bits per heavy atom. The van der Waals surface area contributed by atoms with Gasteiger partial charge >= 0.3 is 0 Å². The Morgan fingerprint density at radius 3 is 1.52 bits per heavy atom. The summed E-state index contributed by atoms with van der Waals surface area (Å²) in [6.07, 6.45) is 7.34. The molecule has 1 unspecified atom stereocenters. The van der Waals surface area contributed by atoms with Gasteiger partial charge in [0.25, 0.3) is 0 Å². The lowest BCUT2D eigenvalue weighted by Crippen LogP contribution is -2.30. The van der Waals surface area contributed by atoms with Crippen LogP contribution in [0.15, 0.2) is 272 Å². The number of pyridine rings is 4. The molecule has 7 heterocycles. The van der Waals surface area contributed by atoms with Gasteiger partial charge in [-0.15, -0.1) is 0 Å². The molecule has 0 bridgehead atoms. The molecule has 16 rings (SSSR count). The Balaban J connectivity index is 0.000000125. The van der Waals surface area contributed by atoms with Crippen LogP contribution in [0.5, 0.6) is 17.2 Å². The Hall–Kier alpha value is -10.2. The van der Waals surface area contributed by atoms with Gasteiger partial charge in [-0.3, -0.25) is 19.0 Å². The lowest BCUT2D eigenvalue weighted by Gasteiger charge is -2.41. The molecule has 6 aromatic heterocycles. The molecule has 0 fully saturated rings. The van der Waals surface area contributed by atoms with E-state index in [4.69, 9.17) is 9.72 Å². The number of benzene rings is 8. The van der Waals surface area contributed by atoms with Crippen molar-refractivity contribution >= 4 is 76.7 Å². The number of ether oxygens (including phenoxy) is 1. The summed E-state index contributed by atoms with van der Waals surface area (Å²) >= 11 is 3.62. The third-order valence-electron chi connectivity index (χ3n) is 16.8. The van der Waals surface area contributed by atoms with Crippen LogP contribution in [-0.4, -0.2) is 34.2 Å². The second kappa shape index (κ2) is 21.5. The Morgan fingerprint density at radius 1 is 0.388 bits per heavy atom. The lowest BCUT2D eigenvalue weighted by molar-refractivity contribution is 0.476. The summed E-state index contributed by atoms with van der Waals surface area (Å²) in [5.41, 5.74) is 15.3. The number of hydrogen-bond donors (Lipinski definition) is 1. The Bertz CT molecular complexity index is 4790. The van der Waals surface area contributed by atoms with Crippen molar-refractivity contribution in [3.05, 3.63) is 311 Å². The minimum atomic E-state index is -0.141. The first-order valence-corrected chi connectivity index (χ1v) is 29.3. The van der Waals surface area contributed by atoms with E-state index in [2.05, 4.69) is 230 Å². The van der Waals surface area contributed by atoms with Crippen LogP contribution < -0.4 is 9.64 Å². The molecule has 0 radical (unpaired) electrons. The number of phenols is 1. The van der Waals surface area contributed by atoms with Gasteiger partial charge < -0.3 is 9.84 Å². The first-order chi connectivity index (χ1) is 41.5. The van der Waals surface area contributed by atoms with Crippen LogP contribution in [-0.2, 0) is 10.8 Å². The fourth-order valence-electron chi connectivity index (χ4n) is 12.9. The molecule has 1 N–H and O–H groups in total. The molecule has 14 aromatic rings. The maximum absolute atomic E-state index is 9.79. The predicted molar refractivity (Wildman–Crippen MR) is 348 cm³/mol. The summed E-state index contributed by atoms with van der Waals surface area (Å²) in [5.74, 6) is 4.56. The third kappa shape index (κ3) is 9.35. The smallest absolute Gasteiger partial charge is 0.137 e. The van der Waals surface area contributed by atoms with Crippen molar-refractivity contribution in [1.82, 2.24) is 29.1 Å². The van der Waals surface area contributed by atoms with Crippen LogP contribution >= 0.6 is 15.9 Å². The number of rotatable bonds is 6. The molecule has 1 atom stereocenters. The summed E-state index contributed by atoms with van der Waals surface area (Å²) < 4.78 is 12.0. The van der Waals surface area contributed by atoms with Gasteiger partial charge in [0, 0.05) is 73.8 Å². The molecule has 1 aliphatic heterocycles. The zero-order valence-corrected chi connectivity index (χ0v) is 48.9. The highest BCUT2D eigenvalue weighted by Crippen LogP contribution is 2.53. The van der Waals surface area contributed by atoms with Crippen LogP contribution in [0.3, 0.4) is 0 Å². The van der Waals surface area contributed by atoms with Gasteiger partial charge in [-0.1, -0.05) is 159 Å². The highest BCUT2D eigenvalue weighted by atomic mass is 79.9. The average Bonchev–Trinajstić information content (AvgIpc) is 1.95. The number of aromatic nitrogens is 6. The molecule has 85 heavy (non-hydrogen) atoms. The molecule has 0 saturated carbocycles. The van der Waals surface area contributed by atoms with Crippen LogP contribution in [0, 0.1) is 0 Å². The van der Waals surface area contributed by atoms with E-state index in [-0.39, 0.29) is 22.5 Å². The van der Waals surface area contributed by atoms with Gasteiger partial charge in [0.15, 0.2) is 0 Å². The van der Waals surface area contributed by atoms with Gasteiger partial charge in [-0.05, 0) is 149 Å². The molecule has 2 aliphatic rings. The fraction of sp³-hybridized carbons (Fsp3) is 0.0933. The van der Waals surface area contributed by atoms with Crippen molar-refractivity contribution in [3.8, 4) is 28.9 Å². The van der Waals surface area contributed by atoms with E-state index in [9.17, 15) is 5.11 Å². The topological polar surface area (TPSA) is 94.1 Å². The monoisotopic (exact) mass is 1170 g/mol. The van der Waals surface area contributed by atoms with Crippen molar-refractivity contribution in [2.24, 2.45) is 0 Å². The summed E-state index contributed by atoms with van der Waals surface area (Å²) in [6, 6.07) is 82.9. The third-order valence-corrected chi connectivity index (χ3v) is 17.3. The number of hydrogen-bond acceptors (Lipinski definition) is 7. The molecule has 8 aromatic carbocycles. The zero-order chi connectivity index (χ0) is 57.8. The number of phenolic OH excluding ortho intramolecular Hbond substituents is 1. The predicted octanol–water partition coefficient (Wildman–Crippen LogP) is 19.0. The highest BCUT2D eigenvalue weighted by Gasteiger charge is 2.39.